The molecule has 0 bridgehead atoms. The Labute approximate surface area is 175 Å². The van der Waals surface area contributed by atoms with Crippen LogP contribution in [-0.2, 0) is 16.6 Å². The molecule has 2 aromatic carbocycles. The average molecular weight is 430 g/mol. The van der Waals surface area contributed by atoms with Gasteiger partial charge < -0.3 is 5.32 Å². The molecule has 8 heteroatoms. The van der Waals surface area contributed by atoms with Gasteiger partial charge in [-0.2, -0.15) is 0 Å². The lowest BCUT2D eigenvalue weighted by molar-refractivity contribution is 0.0950. The summed E-state index contributed by atoms with van der Waals surface area (Å²) in [6, 6.07) is 13.1. The van der Waals surface area contributed by atoms with Gasteiger partial charge in [-0.3, -0.25) is 14.5 Å². The molecule has 150 valence electrons. The first-order chi connectivity index (χ1) is 13.7. The Kier molecular flexibility index (Phi) is 6.20. The molecular formula is C21H20ClN3O3S. The third-order valence-corrected chi connectivity index (χ3v) is 6.02. The highest BCUT2D eigenvalue weighted by atomic mass is 35.5. The highest BCUT2D eigenvalue weighted by molar-refractivity contribution is 7.92. The molecule has 29 heavy (non-hydrogen) atoms. The number of hydrogen-bond donors (Lipinski definition) is 2. The van der Waals surface area contributed by atoms with Gasteiger partial charge in [-0.15, -0.1) is 0 Å². The lowest BCUT2D eigenvalue weighted by Crippen LogP contribution is -2.23. The van der Waals surface area contributed by atoms with Gasteiger partial charge in [0.1, 0.15) is 4.90 Å². The van der Waals surface area contributed by atoms with Crippen molar-refractivity contribution in [3.63, 3.8) is 0 Å². The Morgan fingerprint density at radius 2 is 1.66 bits per heavy atom. The number of benzene rings is 2. The average Bonchev–Trinajstić information content (AvgIpc) is 2.66. The first-order valence-corrected chi connectivity index (χ1v) is 10.7. The number of halogens is 1. The standard InChI is InChI=1S/C21H20ClN3O3S/c1-14-9-15(2)11-18(10-14)25-29(27,28)20-12-17(3-4-19(20)22)21(26)24-13-16-5-7-23-8-6-16/h3-12,25H,13H2,1-2H3,(H,24,26). The zero-order valence-corrected chi connectivity index (χ0v) is 17.5. The van der Waals surface area contributed by atoms with Gasteiger partial charge in [0.25, 0.3) is 15.9 Å². The van der Waals surface area contributed by atoms with E-state index < -0.39 is 15.9 Å². The zero-order chi connectivity index (χ0) is 21.0. The molecule has 0 unspecified atom stereocenters. The third-order valence-electron chi connectivity index (χ3n) is 4.16. The quantitative estimate of drug-likeness (QED) is 0.617. The van der Waals surface area contributed by atoms with Crippen molar-refractivity contribution in [2.75, 3.05) is 4.72 Å². The Morgan fingerprint density at radius 3 is 2.31 bits per heavy atom. The number of hydrogen-bond acceptors (Lipinski definition) is 4. The van der Waals surface area contributed by atoms with Crippen LogP contribution in [0.1, 0.15) is 27.0 Å². The first-order valence-electron chi connectivity index (χ1n) is 8.82. The van der Waals surface area contributed by atoms with Gasteiger partial charge in [-0.1, -0.05) is 17.7 Å². The minimum Gasteiger partial charge on any atom is -0.348 e. The van der Waals surface area contributed by atoms with Crippen molar-refractivity contribution in [3.8, 4) is 0 Å². The molecule has 6 nitrogen and oxygen atoms in total. The molecule has 0 atom stereocenters. The molecule has 0 aliphatic carbocycles. The van der Waals surface area contributed by atoms with Crippen LogP contribution in [0.4, 0.5) is 5.69 Å². The number of carbonyl (C=O) groups excluding carboxylic acids is 1. The topological polar surface area (TPSA) is 88.2 Å². The number of nitrogens with zero attached hydrogens (tertiary/aromatic N) is 1. The van der Waals surface area contributed by atoms with E-state index in [0.29, 0.717) is 12.2 Å². The highest BCUT2D eigenvalue weighted by Crippen LogP contribution is 2.26. The van der Waals surface area contributed by atoms with Gasteiger partial charge in [0.2, 0.25) is 0 Å². The summed E-state index contributed by atoms with van der Waals surface area (Å²) in [6.45, 7) is 4.06. The highest BCUT2D eigenvalue weighted by Gasteiger charge is 2.20. The van der Waals surface area contributed by atoms with E-state index in [2.05, 4.69) is 15.0 Å². The van der Waals surface area contributed by atoms with Crippen LogP contribution >= 0.6 is 11.6 Å². The number of aryl methyl sites for hydroxylation is 2. The van der Waals surface area contributed by atoms with Crippen LogP contribution in [0, 0.1) is 13.8 Å². The largest absolute Gasteiger partial charge is 0.348 e. The van der Waals surface area contributed by atoms with E-state index in [9.17, 15) is 13.2 Å². The Hall–Kier alpha value is -2.90. The van der Waals surface area contributed by atoms with Gasteiger partial charge in [-0.05, 0) is 73.0 Å². The summed E-state index contributed by atoms with van der Waals surface area (Å²) in [4.78, 5) is 16.2. The van der Waals surface area contributed by atoms with Crippen LogP contribution in [0.15, 0.2) is 65.8 Å². The summed E-state index contributed by atoms with van der Waals surface area (Å²) in [5.74, 6) is -0.402. The second-order valence-corrected chi connectivity index (χ2v) is 8.72. The molecule has 3 aromatic rings. The number of pyridine rings is 1. The molecule has 0 radical (unpaired) electrons. The minimum atomic E-state index is -3.97. The number of rotatable bonds is 6. The fraction of sp³-hybridized carbons (Fsp3) is 0.143. The fourth-order valence-electron chi connectivity index (χ4n) is 2.88. The van der Waals surface area contributed by atoms with Crippen molar-refractivity contribution in [1.82, 2.24) is 10.3 Å². The van der Waals surface area contributed by atoms with E-state index in [1.54, 1.807) is 36.7 Å². The first kappa shape index (κ1) is 20.8. The Bertz CT molecular complexity index is 1130. The Balaban J connectivity index is 1.82. The van der Waals surface area contributed by atoms with Crippen molar-refractivity contribution in [1.29, 1.82) is 0 Å². The van der Waals surface area contributed by atoms with Crippen molar-refractivity contribution >= 4 is 33.2 Å². The second kappa shape index (κ2) is 8.63. The summed E-state index contributed by atoms with van der Waals surface area (Å²) in [7, 11) is -3.97. The van der Waals surface area contributed by atoms with Crippen molar-refractivity contribution in [3.05, 3.63) is 88.2 Å². The molecular weight excluding hydrogens is 410 g/mol. The molecule has 3 rings (SSSR count). The summed E-state index contributed by atoms with van der Waals surface area (Å²) in [5, 5.41) is 2.79. The van der Waals surface area contributed by atoms with E-state index in [1.807, 2.05) is 19.9 Å². The number of aromatic nitrogens is 1. The molecule has 2 N–H and O–H groups in total. The van der Waals surface area contributed by atoms with Crippen molar-refractivity contribution in [2.45, 2.75) is 25.3 Å². The van der Waals surface area contributed by atoms with Gasteiger partial charge in [0.05, 0.1) is 5.02 Å². The minimum absolute atomic E-state index is 0.0348. The van der Waals surface area contributed by atoms with Crippen LogP contribution in [0.3, 0.4) is 0 Å². The molecule has 0 aliphatic heterocycles. The molecule has 1 amide bonds. The lowest BCUT2D eigenvalue weighted by atomic mass is 10.1. The van der Waals surface area contributed by atoms with Gasteiger partial charge >= 0.3 is 0 Å². The monoisotopic (exact) mass is 429 g/mol. The number of sulfonamides is 1. The molecule has 0 saturated carbocycles. The van der Waals surface area contributed by atoms with Crippen LogP contribution in [0.25, 0.3) is 0 Å². The van der Waals surface area contributed by atoms with E-state index in [4.69, 9.17) is 11.6 Å². The lowest BCUT2D eigenvalue weighted by Gasteiger charge is -2.12. The smallest absolute Gasteiger partial charge is 0.263 e. The zero-order valence-electron chi connectivity index (χ0n) is 15.9. The van der Waals surface area contributed by atoms with Gasteiger partial charge in [0.15, 0.2) is 0 Å². The van der Waals surface area contributed by atoms with Crippen LogP contribution in [-0.4, -0.2) is 19.3 Å². The summed E-state index contributed by atoms with van der Waals surface area (Å²) < 4.78 is 28.3. The van der Waals surface area contributed by atoms with Gasteiger partial charge in [-0.25, -0.2) is 8.42 Å². The summed E-state index contributed by atoms with van der Waals surface area (Å²) >= 11 is 6.13. The predicted octanol–water partition coefficient (Wildman–Crippen LogP) is 4.08. The van der Waals surface area contributed by atoms with Crippen molar-refractivity contribution < 1.29 is 13.2 Å². The Morgan fingerprint density at radius 1 is 1.00 bits per heavy atom. The second-order valence-electron chi connectivity index (χ2n) is 6.67. The number of nitrogens with one attached hydrogen (secondary N) is 2. The summed E-state index contributed by atoms with van der Waals surface area (Å²) in [5.41, 5.74) is 3.37. The van der Waals surface area contributed by atoms with Crippen LogP contribution < -0.4 is 10.0 Å². The molecule has 1 heterocycles. The number of carbonyl (C=O) groups is 1. The van der Waals surface area contributed by atoms with Crippen molar-refractivity contribution in [2.24, 2.45) is 0 Å². The predicted molar refractivity (Wildman–Crippen MR) is 114 cm³/mol. The van der Waals surface area contributed by atoms with E-state index >= 15 is 0 Å². The maximum absolute atomic E-state index is 12.9. The normalized spacial score (nSPS) is 11.1. The third kappa shape index (κ3) is 5.34. The van der Waals surface area contributed by atoms with Crippen LogP contribution in [0.5, 0.6) is 0 Å². The maximum Gasteiger partial charge on any atom is 0.263 e. The van der Waals surface area contributed by atoms with Crippen LogP contribution in [0.2, 0.25) is 5.02 Å². The molecule has 0 saturated heterocycles. The summed E-state index contributed by atoms with van der Waals surface area (Å²) in [6.07, 6.45) is 3.26. The molecule has 0 aliphatic rings. The molecule has 0 spiro atoms. The van der Waals surface area contributed by atoms with E-state index in [0.717, 1.165) is 16.7 Å². The maximum atomic E-state index is 12.9. The molecule has 0 fully saturated rings. The number of amides is 1. The fourth-order valence-corrected chi connectivity index (χ4v) is 4.45. The van der Waals surface area contributed by atoms with Gasteiger partial charge in [0, 0.05) is 30.2 Å². The van der Waals surface area contributed by atoms with E-state index in [1.165, 1.54) is 18.2 Å². The molecule has 1 aromatic heterocycles. The SMILES string of the molecule is Cc1cc(C)cc(NS(=O)(=O)c2cc(C(=O)NCc3ccncc3)ccc2Cl)c1. The number of anilines is 1. The van der Waals surface area contributed by atoms with E-state index in [-0.39, 0.29) is 15.5 Å².